The molecule has 0 bridgehead atoms. The van der Waals surface area contributed by atoms with Gasteiger partial charge in [-0.1, -0.05) is 13.8 Å². The van der Waals surface area contributed by atoms with E-state index in [0.717, 1.165) is 26.2 Å². The Bertz CT molecular complexity index is 214. The molecule has 0 aromatic carbocycles. The van der Waals surface area contributed by atoms with Crippen molar-refractivity contribution in [2.45, 2.75) is 45.4 Å². The Kier molecular flexibility index (Phi) is 6.41. The van der Waals surface area contributed by atoms with Gasteiger partial charge in [0.05, 0.1) is 19.3 Å². The second-order valence-electron chi connectivity index (χ2n) is 5.14. The largest absolute Gasteiger partial charge is 0.384 e. The Morgan fingerprint density at radius 1 is 1.53 bits per heavy atom. The van der Waals surface area contributed by atoms with E-state index >= 15 is 0 Å². The van der Waals surface area contributed by atoms with Gasteiger partial charge in [-0.05, 0) is 19.3 Å². The highest BCUT2D eigenvalue weighted by Crippen LogP contribution is 2.21. The Balaban J connectivity index is 2.68. The highest BCUT2D eigenvalue weighted by molar-refractivity contribution is 4.86. The molecule has 102 valence electrons. The third-order valence-corrected chi connectivity index (χ3v) is 3.74. The van der Waals surface area contributed by atoms with Gasteiger partial charge in [0.2, 0.25) is 0 Å². The first-order valence-electron chi connectivity index (χ1n) is 6.70. The fourth-order valence-electron chi connectivity index (χ4n) is 2.70. The van der Waals surface area contributed by atoms with Crippen LogP contribution in [0.2, 0.25) is 0 Å². The van der Waals surface area contributed by atoms with Crippen molar-refractivity contribution in [1.29, 1.82) is 0 Å². The van der Waals surface area contributed by atoms with Gasteiger partial charge in [-0.3, -0.25) is 4.90 Å². The molecule has 1 aliphatic rings. The minimum atomic E-state index is 0.307. The molecule has 4 atom stereocenters. The van der Waals surface area contributed by atoms with Gasteiger partial charge in [0.25, 0.3) is 0 Å². The quantitative estimate of drug-likeness (QED) is 0.760. The molecule has 1 rings (SSSR count). The van der Waals surface area contributed by atoms with Crippen molar-refractivity contribution in [2.24, 2.45) is 11.7 Å². The molecule has 0 saturated carbocycles. The summed E-state index contributed by atoms with van der Waals surface area (Å²) in [5.41, 5.74) is 5.96. The maximum atomic E-state index is 5.96. The molecule has 4 unspecified atom stereocenters. The SMILES string of the molecule is CCC1COC(C)CN1C(CN)C(C)COC. The molecule has 4 nitrogen and oxygen atoms in total. The van der Waals surface area contributed by atoms with Crippen molar-refractivity contribution in [3.8, 4) is 0 Å². The molecule has 1 saturated heterocycles. The van der Waals surface area contributed by atoms with Crippen LogP contribution in [0, 0.1) is 5.92 Å². The van der Waals surface area contributed by atoms with Gasteiger partial charge in [-0.2, -0.15) is 0 Å². The zero-order chi connectivity index (χ0) is 12.8. The molecule has 1 aliphatic heterocycles. The summed E-state index contributed by atoms with van der Waals surface area (Å²) < 4.78 is 11.0. The van der Waals surface area contributed by atoms with Crippen molar-refractivity contribution < 1.29 is 9.47 Å². The Hall–Kier alpha value is -0.160. The topological polar surface area (TPSA) is 47.7 Å². The summed E-state index contributed by atoms with van der Waals surface area (Å²) in [6.45, 7) is 9.83. The lowest BCUT2D eigenvalue weighted by Gasteiger charge is -2.44. The summed E-state index contributed by atoms with van der Waals surface area (Å²) in [5.74, 6) is 0.462. The highest BCUT2D eigenvalue weighted by atomic mass is 16.5. The molecule has 0 radical (unpaired) electrons. The predicted molar refractivity (Wildman–Crippen MR) is 70.1 cm³/mol. The number of methoxy groups -OCH3 is 1. The van der Waals surface area contributed by atoms with E-state index < -0.39 is 0 Å². The lowest BCUT2D eigenvalue weighted by Crippen LogP contribution is -2.57. The van der Waals surface area contributed by atoms with E-state index in [1.54, 1.807) is 7.11 Å². The molecular weight excluding hydrogens is 216 g/mol. The van der Waals surface area contributed by atoms with Crippen LogP contribution in [0.25, 0.3) is 0 Å². The summed E-state index contributed by atoms with van der Waals surface area (Å²) in [4.78, 5) is 2.53. The molecule has 1 fully saturated rings. The monoisotopic (exact) mass is 244 g/mol. The first-order valence-corrected chi connectivity index (χ1v) is 6.70. The normalized spacial score (nSPS) is 30.2. The molecule has 1 heterocycles. The van der Waals surface area contributed by atoms with Crippen molar-refractivity contribution in [3.05, 3.63) is 0 Å². The second-order valence-corrected chi connectivity index (χ2v) is 5.14. The van der Waals surface area contributed by atoms with Crippen molar-refractivity contribution in [1.82, 2.24) is 4.90 Å². The van der Waals surface area contributed by atoms with Crippen LogP contribution in [0.15, 0.2) is 0 Å². The van der Waals surface area contributed by atoms with E-state index in [9.17, 15) is 0 Å². The maximum absolute atomic E-state index is 5.96. The van der Waals surface area contributed by atoms with E-state index in [4.69, 9.17) is 15.2 Å². The average Bonchev–Trinajstić information content (AvgIpc) is 2.31. The molecule has 0 aromatic rings. The van der Waals surface area contributed by atoms with Crippen LogP contribution in [0.1, 0.15) is 27.2 Å². The highest BCUT2D eigenvalue weighted by Gasteiger charge is 2.33. The number of ether oxygens (including phenoxy) is 2. The van der Waals surface area contributed by atoms with Crippen LogP contribution in [-0.2, 0) is 9.47 Å². The van der Waals surface area contributed by atoms with Gasteiger partial charge in [0.1, 0.15) is 0 Å². The number of nitrogens with two attached hydrogens (primary N) is 1. The van der Waals surface area contributed by atoms with E-state index in [2.05, 4.69) is 25.7 Å². The van der Waals surface area contributed by atoms with E-state index in [0.29, 0.717) is 30.7 Å². The van der Waals surface area contributed by atoms with Crippen LogP contribution in [-0.4, -0.2) is 56.5 Å². The second kappa shape index (κ2) is 7.31. The van der Waals surface area contributed by atoms with Gasteiger partial charge >= 0.3 is 0 Å². The Morgan fingerprint density at radius 3 is 2.76 bits per heavy atom. The molecule has 4 heteroatoms. The summed E-state index contributed by atoms with van der Waals surface area (Å²) in [6.07, 6.45) is 1.42. The van der Waals surface area contributed by atoms with Gasteiger partial charge in [-0.25, -0.2) is 0 Å². The smallest absolute Gasteiger partial charge is 0.0674 e. The molecule has 0 aliphatic carbocycles. The summed E-state index contributed by atoms with van der Waals surface area (Å²) in [6, 6.07) is 0.894. The summed E-state index contributed by atoms with van der Waals surface area (Å²) >= 11 is 0. The van der Waals surface area contributed by atoms with E-state index in [1.165, 1.54) is 0 Å². The van der Waals surface area contributed by atoms with Crippen molar-refractivity contribution in [2.75, 3.05) is 33.4 Å². The standard InChI is InChI=1S/C13H28N2O2/c1-5-12-9-17-11(3)7-15(12)13(6-14)10(2)8-16-4/h10-13H,5-9,14H2,1-4H3. The third-order valence-electron chi connectivity index (χ3n) is 3.74. The fourth-order valence-corrected chi connectivity index (χ4v) is 2.70. The zero-order valence-electron chi connectivity index (χ0n) is 11.7. The third kappa shape index (κ3) is 3.91. The zero-order valence-corrected chi connectivity index (χ0v) is 11.7. The van der Waals surface area contributed by atoms with Crippen molar-refractivity contribution in [3.63, 3.8) is 0 Å². The molecule has 17 heavy (non-hydrogen) atoms. The maximum Gasteiger partial charge on any atom is 0.0674 e. The number of rotatable bonds is 6. The fraction of sp³-hybridized carbons (Fsp3) is 1.00. The van der Waals surface area contributed by atoms with Crippen LogP contribution in [0.4, 0.5) is 0 Å². The van der Waals surface area contributed by atoms with Crippen LogP contribution >= 0.6 is 0 Å². The van der Waals surface area contributed by atoms with Crippen molar-refractivity contribution >= 4 is 0 Å². The molecular formula is C13H28N2O2. The van der Waals surface area contributed by atoms with Gasteiger partial charge in [0, 0.05) is 32.3 Å². The molecule has 0 aromatic heterocycles. The average molecular weight is 244 g/mol. The minimum absolute atomic E-state index is 0.307. The van der Waals surface area contributed by atoms with Gasteiger partial charge < -0.3 is 15.2 Å². The van der Waals surface area contributed by atoms with Gasteiger partial charge in [0.15, 0.2) is 0 Å². The van der Waals surface area contributed by atoms with Gasteiger partial charge in [-0.15, -0.1) is 0 Å². The minimum Gasteiger partial charge on any atom is -0.384 e. The predicted octanol–water partition coefficient (Wildman–Crippen LogP) is 1.10. The molecule has 0 spiro atoms. The van der Waals surface area contributed by atoms with Crippen LogP contribution in [0.3, 0.4) is 0 Å². The summed E-state index contributed by atoms with van der Waals surface area (Å²) in [5, 5.41) is 0. The first-order chi connectivity index (χ1) is 8.13. The van der Waals surface area contributed by atoms with Crippen LogP contribution in [0.5, 0.6) is 0 Å². The lowest BCUT2D eigenvalue weighted by molar-refractivity contribution is -0.0827. The Labute approximate surface area is 105 Å². The number of hydrogen-bond acceptors (Lipinski definition) is 4. The molecule has 2 N–H and O–H groups in total. The number of hydrogen-bond donors (Lipinski definition) is 1. The van der Waals surface area contributed by atoms with E-state index in [-0.39, 0.29) is 0 Å². The molecule has 0 amide bonds. The first kappa shape index (κ1) is 14.9. The number of nitrogens with zero attached hydrogens (tertiary/aromatic N) is 1. The van der Waals surface area contributed by atoms with E-state index in [1.807, 2.05) is 0 Å². The summed E-state index contributed by atoms with van der Waals surface area (Å²) in [7, 11) is 1.75. The Morgan fingerprint density at radius 2 is 2.24 bits per heavy atom. The number of morpholine rings is 1. The van der Waals surface area contributed by atoms with Crippen LogP contribution < -0.4 is 5.73 Å². The lowest BCUT2D eigenvalue weighted by atomic mass is 9.97.